The molecule has 0 spiro atoms. The highest BCUT2D eigenvalue weighted by Crippen LogP contribution is 2.16. The highest BCUT2D eigenvalue weighted by atomic mass is 32.2. The second-order valence-electron chi connectivity index (χ2n) is 4.42. The molecule has 0 saturated carbocycles. The van der Waals surface area contributed by atoms with E-state index in [-0.39, 0.29) is 10.6 Å². The highest BCUT2D eigenvalue weighted by molar-refractivity contribution is 7.92. The number of nitro benzene ring substituents is 1. The molecule has 8 heteroatoms. The summed E-state index contributed by atoms with van der Waals surface area (Å²) in [6.45, 7) is 0. The van der Waals surface area contributed by atoms with Crippen LogP contribution in [0.1, 0.15) is 0 Å². The summed E-state index contributed by atoms with van der Waals surface area (Å²) in [6, 6.07) is 12.8. The van der Waals surface area contributed by atoms with Crippen LogP contribution in [0.4, 0.5) is 11.4 Å². The molecule has 0 heterocycles. The van der Waals surface area contributed by atoms with Gasteiger partial charge in [0.15, 0.2) is 9.84 Å². The van der Waals surface area contributed by atoms with Crippen LogP contribution >= 0.6 is 0 Å². The van der Waals surface area contributed by atoms with Crippen LogP contribution in [0.3, 0.4) is 0 Å². The third-order valence-corrected chi connectivity index (χ3v) is 4.42. The Hall–Kier alpha value is -2.74. The molecule has 0 radical (unpaired) electrons. The van der Waals surface area contributed by atoms with Gasteiger partial charge >= 0.3 is 0 Å². The van der Waals surface area contributed by atoms with Gasteiger partial charge in [-0.1, -0.05) is 18.2 Å². The van der Waals surface area contributed by atoms with Crippen molar-refractivity contribution in [3.05, 3.63) is 64.7 Å². The van der Waals surface area contributed by atoms with Crippen molar-refractivity contribution < 1.29 is 18.1 Å². The van der Waals surface area contributed by atoms with Crippen molar-refractivity contribution >= 4 is 27.1 Å². The smallest absolute Gasteiger partial charge is 0.269 e. The second kappa shape index (κ2) is 6.35. The number of carbonyl (C=O) groups excluding carboxylic acids is 1. The minimum atomic E-state index is -3.72. The van der Waals surface area contributed by atoms with E-state index in [1.54, 1.807) is 18.2 Å². The van der Waals surface area contributed by atoms with E-state index in [9.17, 15) is 23.3 Å². The minimum absolute atomic E-state index is 0.0637. The Morgan fingerprint density at radius 2 is 1.64 bits per heavy atom. The summed E-state index contributed by atoms with van der Waals surface area (Å²) in [5.41, 5.74) is 0.175. The summed E-state index contributed by atoms with van der Waals surface area (Å²) >= 11 is 0. The van der Waals surface area contributed by atoms with Crippen molar-refractivity contribution in [2.75, 3.05) is 11.1 Å². The van der Waals surface area contributed by atoms with Gasteiger partial charge in [0, 0.05) is 17.8 Å². The topological polar surface area (TPSA) is 106 Å². The normalized spacial score (nSPS) is 10.9. The van der Waals surface area contributed by atoms with Gasteiger partial charge < -0.3 is 5.32 Å². The molecule has 22 heavy (non-hydrogen) atoms. The maximum absolute atomic E-state index is 12.0. The lowest BCUT2D eigenvalue weighted by atomic mass is 10.3. The van der Waals surface area contributed by atoms with E-state index in [1.165, 1.54) is 36.4 Å². The van der Waals surface area contributed by atoms with Crippen molar-refractivity contribution in [2.24, 2.45) is 0 Å². The Morgan fingerprint density at radius 3 is 2.18 bits per heavy atom. The Kier molecular flexibility index (Phi) is 4.52. The summed E-state index contributed by atoms with van der Waals surface area (Å²) < 4.78 is 24.1. The minimum Gasteiger partial charge on any atom is -0.325 e. The number of nitrogens with one attached hydrogen (secondary N) is 1. The van der Waals surface area contributed by atoms with Crippen molar-refractivity contribution in [1.29, 1.82) is 0 Å². The molecule has 2 rings (SSSR count). The lowest BCUT2D eigenvalue weighted by Crippen LogP contribution is -2.22. The van der Waals surface area contributed by atoms with Crippen LogP contribution in [0.15, 0.2) is 59.5 Å². The number of benzene rings is 2. The summed E-state index contributed by atoms with van der Waals surface area (Å²) in [6.07, 6.45) is 0. The van der Waals surface area contributed by atoms with E-state index >= 15 is 0 Å². The quantitative estimate of drug-likeness (QED) is 0.670. The first-order valence-electron chi connectivity index (χ1n) is 6.20. The van der Waals surface area contributed by atoms with Gasteiger partial charge in [-0.3, -0.25) is 14.9 Å². The van der Waals surface area contributed by atoms with Crippen molar-refractivity contribution in [1.82, 2.24) is 0 Å². The molecule has 0 aliphatic heterocycles. The molecule has 0 unspecified atom stereocenters. The van der Waals surface area contributed by atoms with Crippen LogP contribution < -0.4 is 5.32 Å². The number of rotatable bonds is 5. The number of anilines is 1. The predicted molar refractivity (Wildman–Crippen MR) is 80.2 cm³/mol. The Labute approximate surface area is 126 Å². The van der Waals surface area contributed by atoms with Crippen LogP contribution in [0, 0.1) is 10.1 Å². The van der Waals surface area contributed by atoms with Crippen molar-refractivity contribution in [2.45, 2.75) is 4.90 Å². The molecule has 0 atom stereocenters. The van der Waals surface area contributed by atoms with E-state index in [0.717, 1.165) is 0 Å². The zero-order valence-electron chi connectivity index (χ0n) is 11.3. The number of amides is 1. The molecule has 0 aliphatic carbocycles. The Balaban J connectivity index is 2.05. The molecule has 2 aromatic carbocycles. The number of nitro groups is 1. The monoisotopic (exact) mass is 320 g/mol. The first kappa shape index (κ1) is 15.6. The maximum atomic E-state index is 12.0. The zero-order chi connectivity index (χ0) is 16.2. The fourth-order valence-corrected chi connectivity index (χ4v) is 2.90. The van der Waals surface area contributed by atoms with E-state index in [0.29, 0.717) is 5.69 Å². The van der Waals surface area contributed by atoms with Gasteiger partial charge in [-0.05, 0) is 24.3 Å². The molecule has 114 valence electrons. The van der Waals surface area contributed by atoms with E-state index < -0.39 is 26.4 Å². The van der Waals surface area contributed by atoms with E-state index in [2.05, 4.69) is 5.32 Å². The van der Waals surface area contributed by atoms with Gasteiger partial charge in [-0.2, -0.15) is 0 Å². The molecular weight excluding hydrogens is 308 g/mol. The summed E-state index contributed by atoms with van der Waals surface area (Å²) in [5.74, 6) is -1.41. The Bertz CT molecular complexity index is 786. The summed E-state index contributed by atoms with van der Waals surface area (Å²) in [4.78, 5) is 21.8. The van der Waals surface area contributed by atoms with Crippen LogP contribution in [-0.4, -0.2) is 25.0 Å². The molecule has 1 N–H and O–H groups in total. The van der Waals surface area contributed by atoms with Crippen molar-refractivity contribution in [3.63, 3.8) is 0 Å². The predicted octanol–water partition coefficient (Wildman–Crippen LogP) is 2.01. The lowest BCUT2D eigenvalue weighted by molar-refractivity contribution is -0.384. The van der Waals surface area contributed by atoms with Crippen LogP contribution in [0.5, 0.6) is 0 Å². The Morgan fingerprint density at radius 1 is 1.05 bits per heavy atom. The molecule has 7 nitrogen and oxygen atoms in total. The highest BCUT2D eigenvalue weighted by Gasteiger charge is 2.19. The van der Waals surface area contributed by atoms with Gasteiger partial charge in [0.25, 0.3) is 5.69 Å². The molecule has 1 amide bonds. The largest absolute Gasteiger partial charge is 0.325 e. The number of non-ortho nitro benzene ring substituents is 1. The SMILES string of the molecule is O=C(CS(=O)(=O)c1ccccc1)Nc1ccc([N+](=O)[O-])cc1. The van der Waals surface area contributed by atoms with Crippen LogP contribution in [0.25, 0.3) is 0 Å². The molecule has 0 aliphatic rings. The number of sulfone groups is 1. The second-order valence-corrected chi connectivity index (χ2v) is 6.41. The molecule has 0 fully saturated rings. The van der Waals surface area contributed by atoms with E-state index in [4.69, 9.17) is 0 Å². The summed E-state index contributed by atoms with van der Waals surface area (Å²) in [7, 11) is -3.72. The standard InChI is InChI=1S/C14H12N2O5S/c17-14(10-22(20,21)13-4-2-1-3-5-13)15-11-6-8-12(9-7-11)16(18)19/h1-9H,10H2,(H,15,17). The van der Waals surface area contributed by atoms with Gasteiger partial charge in [-0.15, -0.1) is 0 Å². The first-order valence-corrected chi connectivity index (χ1v) is 7.86. The molecule has 0 saturated heterocycles. The van der Waals surface area contributed by atoms with Crippen molar-refractivity contribution in [3.8, 4) is 0 Å². The van der Waals surface area contributed by atoms with Gasteiger partial charge in [0.2, 0.25) is 5.91 Å². The van der Waals surface area contributed by atoms with Gasteiger partial charge in [0.05, 0.1) is 9.82 Å². The third-order valence-electron chi connectivity index (χ3n) is 2.79. The van der Waals surface area contributed by atoms with E-state index in [1.807, 2.05) is 0 Å². The number of nitrogens with zero attached hydrogens (tertiary/aromatic N) is 1. The fraction of sp³-hybridized carbons (Fsp3) is 0.0714. The fourth-order valence-electron chi connectivity index (χ4n) is 1.75. The molecule has 0 aromatic heterocycles. The number of hydrogen-bond donors (Lipinski definition) is 1. The number of hydrogen-bond acceptors (Lipinski definition) is 5. The van der Waals surface area contributed by atoms with Gasteiger partial charge in [-0.25, -0.2) is 8.42 Å². The molecule has 2 aromatic rings. The van der Waals surface area contributed by atoms with Gasteiger partial charge in [0.1, 0.15) is 5.75 Å². The van der Waals surface area contributed by atoms with Crippen LogP contribution in [0.2, 0.25) is 0 Å². The first-order chi connectivity index (χ1) is 10.4. The average Bonchev–Trinajstić information content (AvgIpc) is 2.48. The third kappa shape index (κ3) is 3.89. The maximum Gasteiger partial charge on any atom is 0.269 e. The average molecular weight is 320 g/mol. The number of carbonyl (C=O) groups is 1. The molecule has 0 bridgehead atoms. The van der Waals surface area contributed by atoms with Crippen LogP contribution in [-0.2, 0) is 14.6 Å². The summed E-state index contributed by atoms with van der Waals surface area (Å²) in [5, 5.41) is 12.9. The zero-order valence-corrected chi connectivity index (χ0v) is 12.1. The molecular formula is C14H12N2O5S. The lowest BCUT2D eigenvalue weighted by Gasteiger charge is -2.06.